The molecule has 1 heterocycles. The maximum atomic E-state index is 13.5. The molecule has 0 radical (unpaired) electrons. The molecule has 4 nitrogen and oxygen atoms in total. The molecule has 0 saturated carbocycles. The number of anilines is 1. The Labute approximate surface area is 181 Å². The van der Waals surface area contributed by atoms with E-state index in [4.69, 9.17) is 0 Å². The van der Waals surface area contributed by atoms with Crippen molar-refractivity contribution in [2.75, 3.05) is 12.4 Å². The maximum absolute atomic E-state index is 13.5. The minimum Gasteiger partial charge on any atom is -0.337 e. The number of nitrogens with zero attached hydrogens (tertiary/aromatic N) is 1. The van der Waals surface area contributed by atoms with Crippen molar-refractivity contribution in [3.8, 4) is 0 Å². The number of rotatable bonds is 5. The molecule has 1 aliphatic carbocycles. The highest BCUT2D eigenvalue weighted by Crippen LogP contribution is 2.40. The lowest BCUT2D eigenvalue weighted by molar-refractivity contribution is 0.0785. The molecule has 0 unspecified atom stereocenters. The van der Waals surface area contributed by atoms with Crippen LogP contribution in [-0.2, 0) is 19.4 Å². The highest BCUT2D eigenvalue weighted by molar-refractivity contribution is 7.17. The lowest BCUT2D eigenvalue weighted by atomic mass is 9.88. The van der Waals surface area contributed by atoms with Gasteiger partial charge in [0.1, 0.15) is 5.00 Å². The minimum absolute atomic E-state index is 0.0331. The number of thiophene rings is 1. The Morgan fingerprint density at radius 1 is 1.07 bits per heavy atom. The summed E-state index contributed by atoms with van der Waals surface area (Å²) in [6.45, 7) is 2.78. The average Bonchev–Trinajstić information content (AvgIpc) is 3.11. The normalized spacial score (nSPS) is 15.3. The number of nitrogens with one attached hydrogen (secondary N) is 1. The summed E-state index contributed by atoms with van der Waals surface area (Å²) in [7, 11) is 1.83. The van der Waals surface area contributed by atoms with Crippen LogP contribution in [0.15, 0.2) is 60.7 Å². The molecule has 0 spiro atoms. The van der Waals surface area contributed by atoms with Gasteiger partial charge in [0.2, 0.25) is 0 Å². The van der Waals surface area contributed by atoms with Crippen molar-refractivity contribution in [2.24, 2.45) is 5.92 Å². The molecule has 2 aromatic carbocycles. The number of benzene rings is 2. The standard InChI is InChI=1S/C25H26N2O2S/c1-17-13-14-20-21(15-17)30-24(26-23(28)19-11-7-4-8-12-19)22(20)25(29)27(2)16-18-9-5-3-6-10-18/h3-12,17H,13-16H2,1-2H3,(H,26,28)/t17-/m0/s1. The van der Waals surface area contributed by atoms with Gasteiger partial charge >= 0.3 is 0 Å². The molecule has 2 amide bonds. The number of hydrogen-bond donors (Lipinski definition) is 1. The topological polar surface area (TPSA) is 49.4 Å². The number of hydrogen-bond acceptors (Lipinski definition) is 3. The van der Waals surface area contributed by atoms with E-state index in [9.17, 15) is 9.59 Å². The summed E-state index contributed by atoms with van der Waals surface area (Å²) >= 11 is 1.56. The van der Waals surface area contributed by atoms with Crippen molar-refractivity contribution in [1.29, 1.82) is 0 Å². The van der Waals surface area contributed by atoms with Crippen LogP contribution in [0.2, 0.25) is 0 Å². The Balaban J connectivity index is 1.65. The lowest BCUT2D eigenvalue weighted by Gasteiger charge is -2.22. The molecule has 154 valence electrons. The summed E-state index contributed by atoms with van der Waals surface area (Å²) in [5.41, 5.74) is 3.46. The van der Waals surface area contributed by atoms with Gasteiger partial charge in [-0.05, 0) is 48.4 Å². The molecular formula is C25H26N2O2S. The summed E-state index contributed by atoms with van der Waals surface area (Å²) < 4.78 is 0. The first-order valence-corrected chi connectivity index (χ1v) is 11.1. The minimum atomic E-state index is -0.179. The van der Waals surface area contributed by atoms with Crippen LogP contribution in [0.3, 0.4) is 0 Å². The van der Waals surface area contributed by atoms with Crippen LogP contribution in [0.25, 0.3) is 0 Å². The van der Waals surface area contributed by atoms with Gasteiger partial charge in [0.05, 0.1) is 5.56 Å². The summed E-state index contributed by atoms with van der Waals surface area (Å²) in [5.74, 6) is 0.384. The molecule has 30 heavy (non-hydrogen) atoms. The highest BCUT2D eigenvalue weighted by atomic mass is 32.1. The smallest absolute Gasteiger partial charge is 0.257 e. The van der Waals surface area contributed by atoms with Gasteiger partial charge in [-0.2, -0.15) is 0 Å². The van der Waals surface area contributed by atoms with E-state index in [1.807, 2.05) is 55.6 Å². The molecule has 1 atom stereocenters. The summed E-state index contributed by atoms with van der Waals surface area (Å²) in [6, 6.07) is 19.1. The summed E-state index contributed by atoms with van der Waals surface area (Å²) in [4.78, 5) is 29.3. The third-order valence-corrected chi connectivity index (χ3v) is 6.77. The van der Waals surface area contributed by atoms with Gasteiger partial charge in [-0.15, -0.1) is 11.3 Å². The second-order valence-corrected chi connectivity index (χ2v) is 9.13. The van der Waals surface area contributed by atoms with Gasteiger partial charge in [-0.3, -0.25) is 9.59 Å². The summed E-state index contributed by atoms with van der Waals surface area (Å²) in [5, 5.41) is 3.70. The quantitative estimate of drug-likeness (QED) is 0.603. The zero-order chi connectivity index (χ0) is 21.1. The fourth-order valence-corrected chi connectivity index (χ4v) is 5.35. The fourth-order valence-electron chi connectivity index (χ4n) is 3.95. The van der Waals surface area contributed by atoms with Crippen molar-refractivity contribution in [2.45, 2.75) is 32.7 Å². The first-order chi connectivity index (χ1) is 14.5. The van der Waals surface area contributed by atoms with Crippen LogP contribution >= 0.6 is 11.3 Å². The number of amides is 2. The van der Waals surface area contributed by atoms with Crippen LogP contribution < -0.4 is 5.32 Å². The van der Waals surface area contributed by atoms with Crippen molar-refractivity contribution < 1.29 is 9.59 Å². The zero-order valence-corrected chi connectivity index (χ0v) is 18.2. The predicted molar refractivity (Wildman–Crippen MR) is 122 cm³/mol. The van der Waals surface area contributed by atoms with Crippen LogP contribution in [0.4, 0.5) is 5.00 Å². The molecule has 1 N–H and O–H groups in total. The molecule has 5 heteroatoms. The van der Waals surface area contributed by atoms with E-state index in [-0.39, 0.29) is 11.8 Å². The Hall–Kier alpha value is -2.92. The number of carbonyl (C=O) groups excluding carboxylic acids is 2. The van der Waals surface area contributed by atoms with E-state index in [1.54, 1.807) is 28.4 Å². The van der Waals surface area contributed by atoms with Gasteiger partial charge in [0, 0.05) is 24.0 Å². The lowest BCUT2D eigenvalue weighted by Crippen LogP contribution is -2.28. The van der Waals surface area contributed by atoms with E-state index < -0.39 is 0 Å². The second-order valence-electron chi connectivity index (χ2n) is 8.02. The third-order valence-electron chi connectivity index (χ3n) is 5.60. The molecule has 0 bridgehead atoms. The predicted octanol–water partition coefficient (Wildman–Crippen LogP) is 5.40. The average molecular weight is 419 g/mol. The van der Waals surface area contributed by atoms with Gasteiger partial charge in [0.15, 0.2) is 0 Å². The van der Waals surface area contributed by atoms with E-state index in [2.05, 4.69) is 12.2 Å². The van der Waals surface area contributed by atoms with E-state index in [0.717, 1.165) is 30.4 Å². The molecule has 0 fully saturated rings. The molecule has 0 saturated heterocycles. The number of carbonyl (C=O) groups is 2. The molecule has 1 aromatic heterocycles. The highest BCUT2D eigenvalue weighted by Gasteiger charge is 2.30. The Bertz CT molecular complexity index is 1040. The first-order valence-electron chi connectivity index (χ1n) is 10.3. The van der Waals surface area contributed by atoms with Gasteiger partial charge < -0.3 is 10.2 Å². The van der Waals surface area contributed by atoms with Gasteiger partial charge in [0.25, 0.3) is 11.8 Å². The molecule has 4 rings (SSSR count). The monoisotopic (exact) mass is 418 g/mol. The molecule has 3 aromatic rings. The third kappa shape index (κ3) is 4.31. The molecular weight excluding hydrogens is 392 g/mol. The number of fused-ring (bicyclic) bond motifs is 1. The molecule has 0 aliphatic heterocycles. The van der Waals surface area contributed by atoms with Crippen molar-refractivity contribution in [1.82, 2.24) is 4.90 Å². The maximum Gasteiger partial charge on any atom is 0.257 e. The van der Waals surface area contributed by atoms with Crippen molar-refractivity contribution >= 4 is 28.2 Å². The zero-order valence-electron chi connectivity index (χ0n) is 17.4. The van der Waals surface area contributed by atoms with Crippen molar-refractivity contribution in [3.63, 3.8) is 0 Å². The molecule has 1 aliphatic rings. The van der Waals surface area contributed by atoms with E-state index in [0.29, 0.717) is 28.6 Å². The fraction of sp³-hybridized carbons (Fsp3) is 0.280. The Morgan fingerprint density at radius 3 is 2.43 bits per heavy atom. The van der Waals surface area contributed by atoms with Gasteiger partial charge in [-0.25, -0.2) is 0 Å². The second kappa shape index (κ2) is 8.84. The van der Waals surface area contributed by atoms with E-state index >= 15 is 0 Å². The largest absolute Gasteiger partial charge is 0.337 e. The van der Waals surface area contributed by atoms with Crippen LogP contribution in [0.1, 0.15) is 50.1 Å². The van der Waals surface area contributed by atoms with E-state index in [1.165, 1.54) is 4.88 Å². The van der Waals surface area contributed by atoms with Crippen LogP contribution in [0.5, 0.6) is 0 Å². The Morgan fingerprint density at radius 2 is 1.73 bits per heavy atom. The first kappa shape index (κ1) is 20.4. The van der Waals surface area contributed by atoms with Crippen LogP contribution in [-0.4, -0.2) is 23.8 Å². The summed E-state index contributed by atoms with van der Waals surface area (Å²) in [6.07, 6.45) is 2.91. The van der Waals surface area contributed by atoms with Crippen LogP contribution in [0, 0.1) is 5.92 Å². The van der Waals surface area contributed by atoms with Crippen molar-refractivity contribution in [3.05, 3.63) is 87.8 Å². The van der Waals surface area contributed by atoms with Gasteiger partial charge in [-0.1, -0.05) is 55.5 Å². The SMILES string of the molecule is C[C@H]1CCc2c(sc(NC(=O)c3ccccc3)c2C(=O)N(C)Cc2ccccc2)C1. The Kier molecular flexibility index (Phi) is 6.00.